The molecule has 2 aromatic heterocycles. The van der Waals surface area contributed by atoms with Crippen LogP contribution in [0, 0.1) is 0 Å². The van der Waals surface area contributed by atoms with Crippen molar-refractivity contribution in [3.05, 3.63) is 18.6 Å². The molecule has 0 aliphatic rings. The van der Waals surface area contributed by atoms with E-state index in [1.807, 2.05) is 24.1 Å². The molecule has 2 heterocycles. The van der Waals surface area contributed by atoms with Crippen molar-refractivity contribution in [2.45, 2.75) is 26.3 Å². The first-order valence-electron chi connectivity index (χ1n) is 5.22. The van der Waals surface area contributed by atoms with Crippen molar-refractivity contribution in [3.8, 4) is 11.3 Å². The summed E-state index contributed by atoms with van der Waals surface area (Å²) in [6.07, 6.45) is 5.47. The minimum Gasteiger partial charge on any atom is -0.396 e. The number of aryl methyl sites for hydroxylation is 1. The molecule has 0 radical (unpaired) electrons. The number of hydrogen-bond acceptors (Lipinski definition) is 3. The zero-order valence-corrected chi connectivity index (χ0v) is 10.1. The lowest BCUT2D eigenvalue weighted by Crippen LogP contribution is -2.21. The molecule has 0 amide bonds. The largest absolute Gasteiger partial charge is 0.396 e. The van der Waals surface area contributed by atoms with Gasteiger partial charge in [-0.3, -0.25) is 9.36 Å². The molecule has 2 aromatic rings. The molecule has 2 rings (SSSR count). The van der Waals surface area contributed by atoms with Gasteiger partial charge in [-0.1, -0.05) is 0 Å². The van der Waals surface area contributed by atoms with Gasteiger partial charge in [-0.05, 0) is 20.8 Å². The number of nitrogens with two attached hydrogens (primary N) is 1. The molecule has 16 heavy (non-hydrogen) atoms. The van der Waals surface area contributed by atoms with Crippen molar-refractivity contribution in [2.75, 3.05) is 5.73 Å². The first kappa shape index (κ1) is 10.7. The molecule has 0 atom stereocenters. The molecule has 0 spiro atoms. The van der Waals surface area contributed by atoms with Gasteiger partial charge in [-0.2, -0.15) is 10.2 Å². The van der Waals surface area contributed by atoms with E-state index in [0.29, 0.717) is 5.69 Å². The van der Waals surface area contributed by atoms with Gasteiger partial charge in [0.2, 0.25) is 0 Å². The molecule has 5 heteroatoms. The van der Waals surface area contributed by atoms with Crippen LogP contribution in [-0.2, 0) is 12.6 Å². The van der Waals surface area contributed by atoms with Gasteiger partial charge in [-0.25, -0.2) is 0 Å². The standard InChI is InChI=1S/C11H17N5/c1-11(2,3)16-7-8(5-14-16)10-9(12)6-13-15(10)4/h5-7H,12H2,1-4H3. The molecule has 0 fully saturated rings. The fourth-order valence-electron chi connectivity index (χ4n) is 1.62. The Labute approximate surface area is 94.9 Å². The highest BCUT2D eigenvalue weighted by Crippen LogP contribution is 2.25. The van der Waals surface area contributed by atoms with Crippen molar-refractivity contribution in [1.29, 1.82) is 0 Å². The summed E-state index contributed by atoms with van der Waals surface area (Å²) < 4.78 is 3.69. The van der Waals surface area contributed by atoms with E-state index in [4.69, 9.17) is 5.73 Å². The van der Waals surface area contributed by atoms with Gasteiger partial charge in [0.25, 0.3) is 0 Å². The normalized spacial score (nSPS) is 12.0. The van der Waals surface area contributed by atoms with Crippen LogP contribution < -0.4 is 5.73 Å². The summed E-state index contributed by atoms with van der Waals surface area (Å²) >= 11 is 0. The van der Waals surface area contributed by atoms with Crippen LogP contribution >= 0.6 is 0 Å². The highest BCUT2D eigenvalue weighted by atomic mass is 15.3. The third-order valence-electron chi connectivity index (χ3n) is 2.51. The molecule has 86 valence electrons. The Kier molecular flexibility index (Phi) is 2.26. The number of rotatable bonds is 1. The fourth-order valence-corrected chi connectivity index (χ4v) is 1.62. The number of hydrogen-bond donors (Lipinski definition) is 1. The molecular formula is C11H17N5. The predicted octanol–water partition coefficient (Wildman–Crippen LogP) is 1.62. The Balaban J connectivity index is 2.47. The second-order valence-corrected chi connectivity index (χ2v) is 4.92. The van der Waals surface area contributed by atoms with Gasteiger partial charge in [0.15, 0.2) is 0 Å². The van der Waals surface area contributed by atoms with Gasteiger partial charge in [0, 0.05) is 18.8 Å². The van der Waals surface area contributed by atoms with E-state index in [-0.39, 0.29) is 5.54 Å². The average Bonchev–Trinajstić information content (AvgIpc) is 2.72. The van der Waals surface area contributed by atoms with Crippen molar-refractivity contribution in [2.24, 2.45) is 7.05 Å². The highest BCUT2D eigenvalue weighted by Gasteiger charge is 2.16. The van der Waals surface area contributed by atoms with E-state index in [2.05, 4.69) is 31.0 Å². The summed E-state index contributed by atoms with van der Waals surface area (Å²) in [7, 11) is 1.88. The lowest BCUT2D eigenvalue weighted by molar-refractivity contribution is 0.355. The lowest BCUT2D eigenvalue weighted by atomic mass is 10.1. The maximum atomic E-state index is 5.87. The minimum absolute atomic E-state index is 0.0222. The molecular weight excluding hydrogens is 202 g/mol. The van der Waals surface area contributed by atoms with Crippen molar-refractivity contribution >= 4 is 5.69 Å². The lowest BCUT2D eigenvalue weighted by Gasteiger charge is -2.18. The van der Waals surface area contributed by atoms with Crippen LogP contribution in [-0.4, -0.2) is 19.6 Å². The van der Waals surface area contributed by atoms with Gasteiger partial charge in [0.1, 0.15) is 0 Å². The van der Waals surface area contributed by atoms with Gasteiger partial charge >= 0.3 is 0 Å². The molecule has 0 aliphatic carbocycles. The molecule has 0 unspecified atom stereocenters. The number of anilines is 1. The first-order chi connectivity index (χ1) is 7.39. The number of nitrogen functional groups attached to an aromatic ring is 1. The van der Waals surface area contributed by atoms with Crippen molar-refractivity contribution in [3.63, 3.8) is 0 Å². The second kappa shape index (κ2) is 3.37. The summed E-state index contributed by atoms with van der Waals surface area (Å²) in [6.45, 7) is 6.32. The molecule has 2 N–H and O–H groups in total. The van der Waals surface area contributed by atoms with Crippen LogP contribution in [0.25, 0.3) is 11.3 Å². The van der Waals surface area contributed by atoms with Crippen LogP contribution in [0.5, 0.6) is 0 Å². The van der Waals surface area contributed by atoms with Crippen LogP contribution in [0.4, 0.5) is 5.69 Å². The quantitative estimate of drug-likeness (QED) is 0.792. The summed E-state index contributed by atoms with van der Waals surface area (Å²) in [5, 5.41) is 8.46. The highest BCUT2D eigenvalue weighted by molar-refractivity contribution is 5.71. The Morgan fingerprint density at radius 2 is 1.88 bits per heavy atom. The van der Waals surface area contributed by atoms with E-state index < -0.39 is 0 Å². The summed E-state index contributed by atoms with van der Waals surface area (Å²) in [6, 6.07) is 0. The Morgan fingerprint density at radius 1 is 1.19 bits per heavy atom. The Hall–Kier alpha value is -1.78. The zero-order chi connectivity index (χ0) is 11.9. The average molecular weight is 219 g/mol. The van der Waals surface area contributed by atoms with Gasteiger partial charge in [-0.15, -0.1) is 0 Å². The maximum absolute atomic E-state index is 5.87. The van der Waals surface area contributed by atoms with E-state index in [9.17, 15) is 0 Å². The van der Waals surface area contributed by atoms with Crippen LogP contribution in [0.1, 0.15) is 20.8 Å². The van der Waals surface area contributed by atoms with Crippen molar-refractivity contribution < 1.29 is 0 Å². The monoisotopic (exact) mass is 219 g/mol. The number of aromatic nitrogens is 4. The SMILES string of the molecule is Cn1ncc(N)c1-c1cnn(C(C)(C)C)c1. The molecule has 0 bridgehead atoms. The summed E-state index contributed by atoms with van der Waals surface area (Å²) in [4.78, 5) is 0. The Morgan fingerprint density at radius 3 is 2.31 bits per heavy atom. The van der Waals surface area contributed by atoms with E-state index in [0.717, 1.165) is 11.3 Å². The van der Waals surface area contributed by atoms with E-state index >= 15 is 0 Å². The molecule has 0 aromatic carbocycles. The van der Waals surface area contributed by atoms with Gasteiger partial charge in [0.05, 0.1) is 29.3 Å². The maximum Gasteiger partial charge on any atom is 0.0940 e. The molecule has 0 saturated heterocycles. The molecule has 5 nitrogen and oxygen atoms in total. The zero-order valence-electron chi connectivity index (χ0n) is 10.1. The third-order valence-corrected chi connectivity index (χ3v) is 2.51. The first-order valence-corrected chi connectivity index (χ1v) is 5.22. The predicted molar refractivity (Wildman–Crippen MR) is 63.8 cm³/mol. The third kappa shape index (κ3) is 1.68. The topological polar surface area (TPSA) is 61.7 Å². The smallest absolute Gasteiger partial charge is 0.0940 e. The summed E-state index contributed by atoms with van der Waals surface area (Å²) in [5.74, 6) is 0. The van der Waals surface area contributed by atoms with Gasteiger partial charge < -0.3 is 5.73 Å². The molecule has 0 aliphatic heterocycles. The minimum atomic E-state index is -0.0222. The fraction of sp³-hybridized carbons (Fsp3) is 0.455. The molecule has 0 saturated carbocycles. The second-order valence-electron chi connectivity index (χ2n) is 4.92. The number of nitrogens with zero attached hydrogens (tertiary/aromatic N) is 4. The Bertz CT molecular complexity index is 481. The van der Waals surface area contributed by atoms with Crippen LogP contribution in [0.15, 0.2) is 18.6 Å². The summed E-state index contributed by atoms with van der Waals surface area (Å²) in [5.41, 5.74) is 8.43. The van der Waals surface area contributed by atoms with Crippen LogP contribution in [0.2, 0.25) is 0 Å². The van der Waals surface area contributed by atoms with E-state index in [1.54, 1.807) is 10.9 Å². The van der Waals surface area contributed by atoms with Crippen molar-refractivity contribution in [1.82, 2.24) is 19.6 Å². The van der Waals surface area contributed by atoms with Crippen LogP contribution in [0.3, 0.4) is 0 Å². The van der Waals surface area contributed by atoms with E-state index in [1.165, 1.54) is 0 Å².